The Morgan fingerprint density at radius 1 is 1.30 bits per heavy atom. The summed E-state index contributed by atoms with van der Waals surface area (Å²) in [5.74, 6) is 0.444. The predicted octanol–water partition coefficient (Wildman–Crippen LogP) is 2.30. The number of amides is 1. The van der Waals surface area contributed by atoms with Crippen molar-refractivity contribution in [2.24, 2.45) is 11.8 Å². The molecule has 2 aromatic rings. The van der Waals surface area contributed by atoms with Gasteiger partial charge in [-0.1, -0.05) is 32.0 Å². The van der Waals surface area contributed by atoms with Gasteiger partial charge in [-0.05, 0) is 42.2 Å². The molecule has 1 aromatic heterocycles. The Balaban J connectivity index is 2.09. The summed E-state index contributed by atoms with van der Waals surface area (Å²) in [7, 11) is 0. The number of hydrogen-bond acceptors (Lipinski definition) is 3. The smallest absolute Gasteiger partial charge is 0.267 e. The number of rotatable bonds is 7. The number of aliphatic hydroxyl groups excluding tert-OH is 1. The van der Waals surface area contributed by atoms with E-state index in [9.17, 15) is 9.59 Å². The van der Waals surface area contributed by atoms with Crippen LogP contribution in [0, 0.1) is 11.8 Å². The molecule has 0 aliphatic rings. The van der Waals surface area contributed by atoms with Gasteiger partial charge in [0.1, 0.15) is 5.69 Å². The number of benzene rings is 1. The number of carbonyl (C=O) groups excluding carboxylic acids is 1. The molecule has 2 rings (SSSR count). The van der Waals surface area contributed by atoms with Crippen LogP contribution >= 0.6 is 0 Å². The van der Waals surface area contributed by atoms with E-state index < -0.39 is 0 Å². The first-order chi connectivity index (χ1) is 11.0. The van der Waals surface area contributed by atoms with Crippen LogP contribution in [0.3, 0.4) is 0 Å². The van der Waals surface area contributed by atoms with Gasteiger partial charge in [-0.2, -0.15) is 0 Å². The molecule has 0 bridgehead atoms. The number of hydrogen-bond donors (Lipinski definition) is 3. The van der Waals surface area contributed by atoms with Crippen molar-refractivity contribution in [1.82, 2.24) is 10.3 Å². The third-order valence-corrected chi connectivity index (χ3v) is 3.89. The van der Waals surface area contributed by atoms with E-state index in [4.69, 9.17) is 5.11 Å². The fourth-order valence-corrected chi connectivity index (χ4v) is 2.82. The van der Waals surface area contributed by atoms with Gasteiger partial charge in [0.2, 0.25) is 0 Å². The Bertz CT molecular complexity index is 722. The van der Waals surface area contributed by atoms with Crippen LogP contribution in [0.1, 0.15) is 37.2 Å². The third-order valence-electron chi connectivity index (χ3n) is 3.89. The molecule has 1 amide bonds. The van der Waals surface area contributed by atoms with E-state index in [1.165, 1.54) is 0 Å². The van der Waals surface area contributed by atoms with Crippen LogP contribution in [0.25, 0.3) is 10.8 Å². The van der Waals surface area contributed by atoms with Crippen molar-refractivity contribution in [2.45, 2.75) is 26.7 Å². The van der Waals surface area contributed by atoms with Gasteiger partial charge in [0.05, 0.1) is 0 Å². The second-order valence-electron chi connectivity index (χ2n) is 6.32. The minimum atomic E-state index is -0.292. The van der Waals surface area contributed by atoms with Crippen LogP contribution in [0.4, 0.5) is 0 Å². The quantitative estimate of drug-likeness (QED) is 0.733. The first-order valence-corrected chi connectivity index (χ1v) is 8.02. The second-order valence-corrected chi connectivity index (χ2v) is 6.32. The van der Waals surface area contributed by atoms with Crippen LogP contribution in [0.5, 0.6) is 0 Å². The molecule has 5 nitrogen and oxygen atoms in total. The van der Waals surface area contributed by atoms with Crippen LogP contribution in [-0.2, 0) is 0 Å². The van der Waals surface area contributed by atoms with E-state index in [0.717, 1.165) is 11.8 Å². The van der Waals surface area contributed by atoms with Crippen molar-refractivity contribution >= 4 is 16.7 Å². The van der Waals surface area contributed by atoms with Crippen molar-refractivity contribution in [3.8, 4) is 0 Å². The van der Waals surface area contributed by atoms with Gasteiger partial charge < -0.3 is 15.4 Å². The van der Waals surface area contributed by atoms with Gasteiger partial charge in [0, 0.05) is 18.5 Å². The third kappa shape index (κ3) is 4.66. The standard InChI is InChI=1S/C18H24N2O3/c1-12(2)9-13(7-8-21)11-19-18(23)16-10-14-5-3-4-6-15(14)17(22)20-16/h3-6,10,12-13,21H,7-9,11H2,1-2H3,(H,19,23)(H,20,22). The topological polar surface area (TPSA) is 82.2 Å². The summed E-state index contributed by atoms with van der Waals surface area (Å²) in [6, 6.07) is 8.87. The SMILES string of the molecule is CC(C)CC(CCO)CNC(=O)c1cc2ccccc2c(=O)[nH]1. The van der Waals surface area contributed by atoms with Crippen molar-refractivity contribution in [3.05, 3.63) is 46.4 Å². The van der Waals surface area contributed by atoms with Gasteiger partial charge in [-0.3, -0.25) is 9.59 Å². The number of carbonyl (C=O) groups is 1. The molecule has 1 unspecified atom stereocenters. The van der Waals surface area contributed by atoms with Crippen LogP contribution in [0.15, 0.2) is 35.1 Å². The molecule has 0 saturated heterocycles. The molecular formula is C18H24N2O3. The number of aliphatic hydroxyl groups is 1. The van der Waals surface area contributed by atoms with Gasteiger partial charge in [-0.15, -0.1) is 0 Å². The normalized spacial score (nSPS) is 12.5. The lowest BCUT2D eigenvalue weighted by Crippen LogP contribution is -2.32. The van der Waals surface area contributed by atoms with Gasteiger partial charge >= 0.3 is 0 Å². The molecule has 1 atom stereocenters. The number of aromatic nitrogens is 1. The van der Waals surface area contributed by atoms with Gasteiger partial charge in [0.25, 0.3) is 11.5 Å². The maximum absolute atomic E-state index is 12.3. The fraction of sp³-hybridized carbons (Fsp3) is 0.444. The summed E-state index contributed by atoms with van der Waals surface area (Å²) in [5, 5.41) is 13.3. The molecule has 1 heterocycles. The van der Waals surface area contributed by atoms with Crippen molar-refractivity contribution in [2.75, 3.05) is 13.2 Å². The molecule has 5 heteroatoms. The van der Waals surface area contributed by atoms with E-state index in [2.05, 4.69) is 24.1 Å². The Kier molecular flexibility index (Phi) is 5.93. The molecule has 0 spiro atoms. The van der Waals surface area contributed by atoms with E-state index >= 15 is 0 Å². The number of pyridine rings is 1. The lowest BCUT2D eigenvalue weighted by atomic mass is 9.94. The lowest BCUT2D eigenvalue weighted by Gasteiger charge is -2.18. The molecule has 23 heavy (non-hydrogen) atoms. The Labute approximate surface area is 135 Å². The Hall–Kier alpha value is -2.14. The highest BCUT2D eigenvalue weighted by Crippen LogP contribution is 2.15. The van der Waals surface area contributed by atoms with Crippen LogP contribution in [-0.4, -0.2) is 29.1 Å². The minimum Gasteiger partial charge on any atom is -0.396 e. The van der Waals surface area contributed by atoms with E-state index in [1.807, 2.05) is 12.1 Å². The van der Waals surface area contributed by atoms with Crippen LogP contribution in [0.2, 0.25) is 0 Å². The summed E-state index contributed by atoms with van der Waals surface area (Å²) < 4.78 is 0. The molecular weight excluding hydrogens is 292 g/mol. The predicted molar refractivity (Wildman–Crippen MR) is 91.5 cm³/mol. The summed E-state index contributed by atoms with van der Waals surface area (Å²) in [4.78, 5) is 26.9. The van der Waals surface area contributed by atoms with Crippen molar-refractivity contribution in [1.29, 1.82) is 0 Å². The summed E-state index contributed by atoms with van der Waals surface area (Å²) >= 11 is 0. The summed E-state index contributed by atoms with van der Waals surface area (Å²) in [5.41, 5.74) is 0.00309. The fourth-order valence-electron chi connectivity index (χ4n) is 2.82. The highest BCUT2D eigenvalue weighted by Gasteiger charge is 2.14. The second kappa shape index (κ2) is 7.92. The highest BCUT2D eigenvalue weighted by atomic mass is 16.3. The Morgan fingerprint density at radius 3 is 2.74 bits per heavy atom. The average Bonchev–Trinajstić information content (AvgIpc) is 2.52. The van der Waals surface area contributed by atoms with E-state index in [-0.39, 0.29) is 29.7 Å². The molecule has 0 saturated carbocycles. The van der Waals surface area contributed by atoms with E-state index in [1.54, 1.807) is 18.2 Å². The number of aromatic amines is 1. The summed E-state index contributed by atoms with van der Waals surface area (Å²) in [6.45, 7) is 4.84. The van der Waals surface area contributed by atoms with E-state index in [0.29, 0.717) is 24.3 Å². The van der Waals surface area contributed by atoms with Gasteiger partial charge in [0.15, 0.2) is 0 Å². The number of nitrogens with one attached hydrogen (secondary N) is 2. The average molecular weight is 316 g/mol. The molecule has 124 valence electrons. The zero-order chi connectivity index (χ0) is 16.8. The van der Waals surface area contributed by atoms with Crippen LogP contribution < -0.4 is 10.9 Å². The maximum Gasteiger partial charge on any atom is 0.267 e. The van der Waals surface area contributed by atoms with Crippen molar-refractivity contribution < 1.29 is 9.90 Å². The highest BCUT2D eigenvalue weighted by molar-refractivity contribution is 5.96. The lowest BCUT2D eigenvalue weighted by molar-refractivity contribution is 0.0936. The molecule has 0 fully saturated rings. The first-order valence-electron chi connectivity index (χ1n) is 8.02. The first kappa shape index (κ1) is 17.2. The summed E-state index contributed by atoms with van der Waals surface area (Å²) in [6.07, 6.45) is 1.60. The molecule has 0 radical (unpaired) electrons. The monoisotopic (exact) mass is 316 g/mol. The number of fused-ring (bicyclic) bond motifs is 1. The zero-order valence-corrected chi connectivity index (χ0v) is 13.6. The Morgan fingerprint density at radius 2 is 2.04 bits per heavy atom. The van der Waals surface area contributed by atoms with Gasteiger partial charge in [-0.25, -0.2) is 0 Å². The molecule has 1 aromatic carbocycles. The zero-order valence-electron chi connectivity index (χ0n) is 13.6. The largest absolute Gasteiger partial charge is 0.396 e. The molecule has 0 aliphatic carbocycles. The maximum atomic E-state index is 12.3. The minimum absolute atomic E-state index is 0.111. The molecule has 3 N–H and O–H groups in total. The van der Waals surface area contributed by atoms with Crippen molar-refractivity contribution in [3.63, 3.8) is 0 Å². The molecule has 0 aliphatic heterocycles. The number of H-pyrrole nitrogens is 1.